The lowest BCUT2D eigenvalue weighted by atomic mass is 9.88. The lowest BCUT2D eigenvalue weighted by Crippen LogP contribution is -2.38. The molecule has 2 aromatic carbocycles. The van der Waals surface area contributed by atoms with Crippen molar-refractivity contribution in [2.75, 3.05) is 19.6 Å². The van der Waals surface area contributed by atoms with E-state index in [1.807, 2.05) is 48.5 Å². The van der Waals surface area contributed by atoms with Crippen molar-refractivity contribution in [2.45, 2.75) is 25.7 Å². The summed E-state index contributed by atoms with van der Waals surface area (Å²) in [6.45, 7) is 1.68. The van der Waals surface area contributed by atoms with Crippen LogP contribution in [0.15, 0.2) is 48.5 Å². The molecule has 7 heteroatoms. The van der Waals surface area contributed by atoms with Gasteiger partial charge in [-0.1, -0.05) is 47.5 Å². The number of amides is 1. The molecule has 0 saturated carbocycles. The first kappa shape index (κ1) is 24.7. The number of Topliss-reactive ketones (excluding diaryl/α,β-unsaturated/α-hetero) is 1. The van der Waals surface area contributed by atoms with Crippen LogP contribution in [0.25, 0.3) is 0 Å². The molecular weight excluding hydrogens is 443 g/mol. The third-order valence-corrected chi connectivity index (χ3v) is 5.90. The molecule has 2 aromatic rings. The molecule has 1 heterocycles. The average molecular weight is 470 g/mol. The summed E-state index contributed by atoms with van der Waals surface area (Å²) in [5.41, 5.74) is 2.29. The molecule has 4 nitrogen and oxygen atoms in total. The normalized spacial score (nSPS) is 17.9. The molecule has 2 atom stereocenters. The van der Waals surface area contributed by atoms with Gasteiger partial charge in [0, 0.05) is 42.0 Å². The van der Waals surface area contributed by atoms with Crippen LogP contribution < -0.4 is 10.6 Å². The second kappa shape index (κ2) is 12.3. The molecule has 30 heavy (non-hydrogen) atoms. The van der Waals surface area contributed by atoms with Crippen molar-refractivity contribution in [1.82, 2.24) is 10.6 Å². The van der Waals surface area contributed by atoms with E-state index in [0.29, 0.717) is 36.1 Å². The van der Waals surface area contributed by atoms with Gasteiger partial charge in [0.2, 0.25) is 5.91 Å². The highest BCUT2D eigenvalue weighted by Gasteiger charge is 2.36. The Balaban J connectivity index is 0.00000320. The minimum Gasteiger partial charge on any atom is -0.355 e. The zero-order valence-electron chi connectivity index (χ0n) is 16.7. The molecule has 0 radical (unpaired) electrons. The van der Waals surface area contributed by atoms with Gasteiger partial charge in [0.15, 0.2) is 0 Å². The largest absolute Gasteiger partial charge is 0.355 e. The van der Waals surface area contributed by atoms with E-state index in [-0.39, 0.29) is 35.9 Å². The summed E-state index contributed by atoms with van der Waals surface area (Å²) in [6, 6.07) is 15.3. The highest BCUT2D eigenvalue weighted by atomic mass is 35.5. The number of nitrogens with one attached hydrogen (secondary N) is 2. The molecule has 1 saturated heterocycles. The first-order valence-corrected chi connectivity index (χ1v) is 10.8. The number of rotatable bonds is 9. The Morgan fingerprint density at radius 3 is 2.00 bits per heavy atom. The number of carbonyl (C=O) groups is 2. The van der Waals surface area contributed by atoms with Gasteiger partial charge in [0.25, 0.3) is 0 Å². The predicted molar refractivity (Wildman–Crippen MR) is 125 cm³/mol. The molecule has 1 aliphatic heterocycles. The van der Waals surface area contributed by atoms with Gasteiger partial charge >= 0.3 is 0 Å². The maximum atomic E-state index is 12.7. The summed E-state index contributed by atoms with van der Waals surface area (Å²) in [5.74, 6) is -0.402. The van der Waals surface area contributed by atoms with E-state index in [0.717, 1.165) is 24.8 Å². The lowest BCUT2D eigenvalue weighted by Gasteiger charge is -2.17. The Kier molecular flexibility index (Phi) is 10.1. The summed E-state index contributed by atoms with van der Waals surface area (Å²) in [4.78, 5) is 25.3. The van der Waals surface area contributed by atoms with Crippen LogP contribution in [0.4, 0.5) is 0 Å². The van der Waals surface area contributed by atoms with Gasteiger partial charge < -0.3 is 10.6 Å². The van der Waals surface area contributed by atoms with Crippen molar-refractivity contribution < 1.29 is 9.59 Å². The Morgan fingerprint density at radius 1 is 0.867 bits per heavy atom. The van der Waals surface area contributed by atoms with Crippen molar-refractivity contribution in [2.24, 2.45) is 11.8 Å². The van der Waals surface area contributed by atoms with Crippen molar-refractivity contribution >= 4 is 47.3 Å². The van der Waals surface area contributed by atoms with Crippen LogP contribution in [0, 0.1) is 11.8 Å². The molecular formula is C23H27Cl3N2O2. The zero-order valence-corrected chi connectivity index (χ0v) is 19.0. The van der Waals surface area contributed by atoms with Crippen LogP contribution in [0.2, 0.25) is 10.0 Å². The lowest BCUT2D eigenvalue weighted by molar-refractivity contribution is -0.131. The number of carbonyl (C=O) groups excluding carboxylic acids is 2. The maximum absolute atomic E-state index is 12.7. The molecule has 162 valence electrons. The highest BCUT2D eigenvalue weighted by Crippen LogP contribution is 2.21. The van der Waals surface area contributed by atoms with Gasteiger partial charge in [-0.3, -0.25) is 9.59 Å². The molecule has 3 rings (SSSR count). The standard InChI is InChI=1S/C23H26Cl2N2O2.ClH/c24-18-8-4-16(5-9-18)2-1-3-22(28)20-14-26-15-21(20)23(29)27-13-12-17-6-10-19(25)11-7-17;/h4-11,20-21,26H,1-3,12-15H2,(H,27,29);1H/t20-,21-;/m1./s1. The molecule has 0 spiro atoms. The van der Waals surface area contributed by atoms with Crippen LogP contribution in [-0.4, -0.2) is 31.3 Å². The first-order chi connectivity index (χ1) is 14.0. The van der Waals surface area contributed by atoms with E-state index in [9.17, 15) is 9.59 Å². The van der Waals surface area contributed by atoms with Crippen molar-refractivity contribution in [3.63, 3.8) is 0 Å². The molecule has 0 bridgehead atoms. The second-order valence-corrected chi connectivity index (χ2v) is 8.36. The zero-order chi connectivity index (χ0) is 20.6. The van der Waals surface area contributed by atoms with Crippen molar-refractivity contribution in [3.8, 4) is 0 Å². The first-order valence-electron chi connectivity index (χ1n) is 10.0. The monoisotopic (exact) mass is 468 g/mol. The quantitative estimate of drug-likeness (QED) is 0.568. The van der Waals surface area contributed by atoms with Crippen LogP contribution >= 0.6 is 35.6 Å². The number of halogens is 3. The number of aryl methyl sites for hydroxylation is 1. The molecule has 0 aromatic heterocycles. The minimum absolute atomic E-state index is 0. The van der Waals surface area contributed by atoms with Gasteiger partial charge in [-0.25, -0.2) is 0 Å². The van der Waals surface area contributed by atoms with Gasteiger partial charge in [0.1, 0.15) is 5.78 Å². The van der Waals surface area contributed by atoms with E-state index < -0.39 is 0 Å². The van der Waals surface area contributed by atoms with Crippen LogP contribution in [0.3, 0.4) is 0 Å². The smallest absolute Gasteiger partial charge is 0.225 e. The Hall–Kier alpha value is -1.59. The van der Waals surface area contributed by atoms with Crippen LogP contribution in [0.5, 0.6) is 0 Å². The van der Waals surface area contributed by atoms with E-state index in [4.69, 9.17) is 23.2 Å². The molecule has 1 aliphatic rings. The Bertz CT molecular complexity index is 756. The van der Waals surface area contributed by atoms with E-state index >= 15 is 0 Å². The van der Waals surface area contributed by atoms with Gasteiger partial charge in [-0.2, -0.15) is 0 Å². The SMILES string of the molecule is Cl.O=C(CCCc1ccc(Cl)cc1)[C@@H]1CNC[C@H]1C(=O)NCCc1ccc(Cl)cc1. The number of benzene rings is 2. The van der Waals surface area contributed by atoms with Crippen LogP contribution in [-0.2, 0) is 22.4 Å². The highest BCUT2D eigenvalue weighted by molar-refractivity contribution is 6.30. The molecule has 0 aliphatic carbocycles. The van der Waals surface area contributed by atoms with Crippen molar-refractivity contribution in [1.29, 1.82) is 0 Å². The number of hydrogen-bond donors (Lipinski definition) is 2. The van der Waals surface area contributed by atoms with Gasteiger partial charge in [-0.15, -0.1) is 12.4 Å². The topological polar surface area (TPSA) is 58.2 Å². The molecule has 2 N–H and O–H groups in total. The molecule has 1 amide bonds. The molecule has 1 fully saturated rings. The van der Waals surface area contributed by atoms with Crippen molar-refractivity contribution in [3.05, 3.63) is 69.7 Å². The Labute approximate surface area is 194 Å². The van der Waals surface area contributed by atoms with E-state index in [1.165, 1.54) is 5.56 Å². The maximum Gasteiger partial charge on any atom is 0.225 e. The third kappa shape index (κ3) is 7.28. The summed E-state index contributed by atoms with van der Waals surface area (Å²) in [5, 5.41) is 7.60. The summed E-state index contributed by atoms with van der Waals surface area (Å²) in [6.07, 6.45) is 2.84. The van der Waals surface area contributed by atoms with Gasteiger partial charge in [-0.05, 0) is 54.7 Å². The van der Waals surface area contributed by atoms with Crippen LogP contribution in [0.1, 0.15) is 24.0 Å². The summed E-state index contributed by atoms with van der Waals surface area (Å²) >= 11 is 11.8. The number of ketones is 1. The predicted octanol–water partition coefficient (Wildman–Crippen LogP) is 4.50. The Morgan fingerprint density at radius 2 is 1.40 bits per heavy atom. The minimum atomic E-state index is -0.289. The summed E-state index contributed by atoms with van der Waals surface area (Å²) in [7, 11) is 0. The third-order valence-electron chi connectivity index (χ3n) is 5.39. The molecule has 0 unspecified atom stereocenters. The second-order valence-electron chi connectivity index (χ2n) is 7.49. The fraction of sp³-hybridized carbons (Fsp3) is 0.391. The van der Waals surface area contributed by atoms with E-state index in [1.54, 1.807) is 0 Å². The van der Waals surface area contributed by atoms with E-state index in [2.05, 4.69) is 10.6 Å². The fourth-order valence-corrected chi connectivity index (χ4v) is 3.96. The van der Waals surface area contributed by atoms with Gasteiger partial charge in [0.05, 0.1) is 5.92 Å². The summed E-state index contributed by atoms with van der Waals surface area (Å²) < 4.78 is 0. The average Bonchev–Trinajstić information content (AvgIpc) is 3.21. The number of hydrogen-bond acceptors (Lipinski definition) is 3. The fourth-order valence-electron chi connectivity index (χ4n) is 3.71.